The Balaban J connectivity index is 2.93. The van der Waals surface area contributed by atoms with E-state index in [1.54, 1.807) is 0 Å². The summed E-state index contributed by atoms with van der Waals surface area (Å²) in [5, 5.41) is 1.39. The summed E-state index contributed by atoms with van der Waals surface area (Å²) >= 11 is 6.76. The van der Waals surface area contributed by atoms with E-state index in [0.29, 0.717) is 0 Å². The molecule has 0 amide bonds. The fourth-order valence-corrected chi connectivity index (χ4v) is 4.27. The van der Waals surface area contributed by atoms with Crippen LogP contribution in [0.1, 0.15) is 31.7 Å². The van der Waals surface area contributed by atoms with Crippen molar-refractivity contribution in [2.45, 2.75) is 32.6 Å². The third-order valence-electron chi connectivity index (χ3n) is 2.86. The zero-order valence-electron chi connectivity index (χ0n) is 11.0. The molecule has 0 aliphatic carbocycles. The molecule has 0 fully saturated rings. The predicted molar refractivity (Wildman–Crippen MR) is 79.9 cm³/mol. The number of unbranched alkanes of at least 4 members (excludes halogenated alkanes) is 2. The van der Waals surface area contributed by atoms with Crippen LogP contribution in [0, 0.1) is 0 Å². The van der Waals surface area contributed by atoms with E-state index in [1.165, 1.54) is 36.6 Å². The van der Waals surface area contributed by atoms with Gasteiger partial charge in [-0.3, -0.25) is 0 Å². The van der Waals surface area contributed by atoms with E-state index in [-0.39, 0.29) is 0 Å². The molecule has 0 aliphatic rings. The summed E-state index contributed by atoms with van der Waals surface area (Å²) < 4.78 is 0. The molecule has 0 heterocycles. The molecule has 0 aromatic heterocycles. The van der Waals surface area contributed by atoms with Crippen molar-refractivity contribution in [2.75, 3.05) is 20.0 Å². The molecule has 0 unspecified atom stereocenters. The molecule has 0 nitrogen and oxygen atoms in total. The second-order valence-corrected chi connectivity index (χ2v) is 14.9. The summed E-state index contributed by atoms with van der Waals surface area (Å²) in [5.74, 6) is -2.13. The number of aryl methyl sites for hydroxylation is 1. The van der Waals surface area contributed by atoms with Crippen molar-refractivity contribution in [3.05, 3.63) is 29.8 Å². The van der Waals surface area contributed by atoms with Crippen LogP contribution in [0.15, 0.2) is 24.3 Å². The van der Waals surface area contributed by atoms with Gasteiger partial charge in [0.1, 0.15) is 0 Å². The van der Waals surface area contributed by atoms with Gasteiger partial charge in [-0.15, -0.1) is 0 Å². The summed E-state index contributed by atoms with van der Waals surface area (Å²) in [6, 6.07) is 8.69. The number of rotatable bonds is 5. The van der Waals surface area contributed by atoms with Gasteiger partial charge in [0.15, 0.2) is 0 Å². The van der Waals surface area contributed by atoms with E-state index in [9.17, 15) is 0 Å². The number of hydrogen-bond acceptors (Lipinski definition) is 0. The monoisotopic (exact) mass is 258 g/mol. The van der Waals surface area contributed by atoms with Crippen molar-refractivity contribution in [3.63, 3.8) is 0 Å². The molecule has 1 rings (SSSR count). The number of benzene rings is 1. The van der Waals surface area contributed by atoms with Crippen molar-refractivity contribution in [1.82, 2.24) is 0 Å². The molecule has 2 heteroatoms. The third-order valence-corrected chi connectivity index (χ3v) is 5.47. The van der Waals surface area contributed by atoms with E-state index in [1.807, 2.05) is 0 Å². The van der Waals surface area contributed by atoms with Crippen LogP contribution in [-0.2, 0) is 6.42 Å². The Morgan fingerprint density at radius 2 is 1.69 bits per heavy atom. The van der Waals surface area contributed by atoms with E-state index in [4.69, 9.17) is 11.2 Å². The standard InChI is InChI=1S/C14H24ClP/c1-5-6-7-10-13-11-8-9-12-14(13)16(2,3,4)15/h8-9,11-12H,5-7,10H2,1-4H3. The Bertz CT molecular complexity index is 340. The van der Waals surface area contributed by atoms with Crippen molar-refractivity contribution < 1.29 is 0 Å². The van der Waals surface area contributed by atoms with Gasteiger partial charge in [0.05, 0.1) is 0 Å². The SMILES string of the molecule is CCCCCc1ccccc1P(C)(C)(C)Cl. The number of halogens is 1. The zero-order valence-corrected chi connectivity index (χ0v) is 12.6. The maximum absolute atomic E-state index is 6.76. The van der Waals surface area contributed by atoms with Crippen molar-refractivity contribution in [3.8, 4) is 0 Å². The molecule has 16 heavy (non-hydrogen) atoms. The van der Waals surface area contributed by atoms with Gasteiger partial charge in [-0.05, 0) is 0 Å². The van der Waals surface area contributed by atoms with Crippen LogP contribution in [0.4, 0.5) is 0 Å². The van der Waals surface area contributed by atoms with Gasteiger partial charge in [-0.25, -0.2) is 0 Å². The normalized spacial score (nSPS) is 14.4. The molecule has 0 saturated heterocycles. The average Bonchev–Trinajstić information content (AvgIpc) is 2.16. The summed E-state index contributed by atoms with van der Waals surface area (Å²) in [5.41, 5.74) is 1.45. The van der Waals surface area contributed by atoms with Gasteiger partial charge < -0.3 is 0 Å². The topological polar surface area (TPSA) is 0 Å². The fraction of sp³-hybridized carbons (Fsp3) is 0.571. The summed E-state index contributed by atoms with van der Waals surface area (Å²) in [4.78, 5) is 0. The molecule has 0 atom stereocenters. The minimum absolute atomic E-state index is 1.17. The molecule has 1 aromatic carbocycles. The van der Waals surface area contributed by atoms with Crippen LogP contribution >= 0.6 is 17.2 Å². The van der Waals surface area contributed by atoms with E-state index in [2.05, 4.69) is 51.2 Å². The maximum atomic E-state index is 6.76. The summed E-state index contributed by atoms with van der Waals surface area (Å²) in [7, 11) is 0. The van der Waals surface area contributed by atoms with Crippen molar-refractivity contribution in [1.29, 1.82) is 0 Å². The summed E-state index contributed by atoms with van der Waals surface area (Å²) in [6.07, 6.45) is 5.03. The molecule has 92 valence electrons. The van der Waals surface area contributed by atoms with E-state index < -0.39 is 5.96 Å². The predicted octanol–water partition coefficient (Wildman–Crippen LogP) is 4.64. The molecule has 0 aliphatic heterocycles. The Hall–Kier alpha value is -0.0600. The van der Waals surface area contributed by atoms with Crippen LogP contribution in [0.3, 0.4) is 0 Å². The van der Waals surface area contributed by atoms with Gasteiger partial charge in [0.25, 0.3) is 0 Å². The second-order valence-electron chi connectivity index (χ2n) is 5.69. The third kappa shape index (κ3) is 4.07. The molecular formula is C14H24ClP. The quantitative estimate of drug-likeness (QED) is 0.533. The zero-order chi connectivity index (χ0) is 12.3. The molecule has 0 N–H and O–H groups in total. The molecule has 0 bridgehead atoms. The van der Waals surface area contributed by atoms with Crippen molar-refractivity contribution in [2.24, 2.45) is 0 Å². The van der Waals surface area contributed by atoms with Gasteiger partial charge in [0.2, 0.25) is 0 Å². The first-order valence-electron chi connectivity index (χ1n) is 6.12. The summed E-state index contributed by atoms with van der Waals surface area (Å²) in [6.45, 7) is 8.89. The van der Waals surface area contributed by atoms with Crippen LogP contribution in [0.5, 0.6) is 0 Å². The molecule has 1 aromatic rings. The minimum atomic E-state index is -2.13. The van der Waals surface area contributed by atoms with Gasteiger partial charge >= 0.3 is 105 Å². The van der Waals surface area contributed by atoms with Crippen LogP contribution in [0.2, 0.25) is 0 Å². The first kappa shape index (κ1) is 14.0. The van der Waals surface area contributed by atoms with E-state index >= 15 is 0 Å². The van der Waals surface area contributed by atoms with Crippen LogP contribution < -0.4 is 5.30 Å². The first-order valence-corrected chi connectivity index (χ1v) is 10.6. The van der Waals surface area contributed by atoms with E-state index in [0.717, 1.165) is 0 Å². The molecular weight excluding hydrogens is 235 g/mol. The molecule has 0 radical (unpaired) electrons. The first-order chi connectivity index (χ1) is 7.31. The van der Waals surface area contributed by atoms with Gasteiger partial charge in [-0.2, -0.15) is 0 Å². The Labute approximate surface area is 105 Å². The molecule has 0 spiro atoms. The van der Waals surface area contributed by atoms with Crippen molar-refractivity contribution >= 4 is 22.5 Å². The van der Waals surface area contributed by atoms with Gasteiger partial charge in [0, 0.05) is 0 Å². The Morgan fingerprint density at radius 1 is 1.06 bits per heavy atom. The fourth-order valence-electron chi connectivity index (χ4n) is 2.02. The molecule has 0 saturated carbocycles. The Kier molecular flexibility index (Phi) is 4.43. The number of hydrogen-bond donors (Lipinski definition) is 0. The van der Waals surface area contributed by atoms with Crippen LogP contribution in [0.25, 0.3) is 0 Å². The van der Waals surface area contributed by atoms with Crippen LogP contribution in [-0.4, -0.2) is 20.0 Å². The Morgan fingerprint density at radius 3 is 2.25 bits per heavy atom. The second kappa shape index (κ2) is 5.07. The average molecular weight is 259 g/mol. The van der Waals surface area contributed by atoms with Gasteiger partial charge in [-0.1, -0.05) is 0 Å².